The lowest BCUT2D eigenvalue weighted by Gasteiger charge is -2.36. The second kappa shape index (κ2) is 11.9. The molecule has 0 amide bonds. The molecule has 0 aliphatic rings. The van der Waals surface area contributed by atoms with Gasteiger partial charge in [-0.1, -0.05) is 74.3 Å². The zero-order chi connectivity index (χ0) is 30.2. The van der Waals surface area contributed by atoms with Crippen LogP contribution in [0.2, 0.25) is 28.2 Å². The number of hydrogen-bond donors (Lipinski definition) is 0. The van der Waals surface area contributed by atoms with Crippen LogP contribution in [0.25, 0.3) is 10.9 Å². The molecule has 41 heavy (non-hydrogen) atoms. The van der Waals surface area contributed by atoms with Crippen LogP contribution in [0.5, 0.6) is 11.5 Å². The van der Waals surface area contributed by atoms with Crippen molar-refractivity contribution >= 4 is 52.4 Å². The van der Waals surface area contributed by atoms with Crippen LogP contribution in [0.3, 0.4) is 0 Å². The summed E-state index contributed by atoms with van der Waals surface area (Å²) in [5, 5.41) is 1.36. The monoisotopic (exact) mass is 630 g/mol. The Labute approximate surface area is 254 Å². The standard InChI is InChI=1S/C31H36Cl2N2O4SSi/c1-21-11-14-23-9-8-10-27(30(23)34-21)38-20-25-26(32)17-18-28(29(25)33)40(36,37)35(5)19-22-12-15-24(16-13-22)39-41(6,7)31(2,3)4/h8-18H,19-20H2,1-7H3. The van der Waals surface area contributed by atoms with Crippen molar-refractivity contribution in [2.45, 2.75) is 63.9 Å². The van der Waals surface area contributed by atoms with Crippen LogP contribution >= 0.6 is 23.2 Å². The molecule has 1 aromatic heterocycles. The minimum Gasteiger partial charge on any atom is -0.544 e. The fourth-order valence-corrected chi connectivity index (χ4v) is 7.06. The molecule has 6 nitrogen and oxygen atoms in total. The predicted molar refractivity (Wildman–Crippen MR) is 170 cm³/mol. The molecular formula is C31H36Cl2N2O4SSi. The number of para-hydroxylation sites is 1. The van der Waals surface area contributed by atoms with Crippen LogP contribution in [0.4, 0.5) is 0 Å². The van der Waals surface area contributed by atoms with Gasteiger partial charge in [-0.15, -0.1) is 0 Å². The third-order valence-electron chi connectivity index (χ3n) is 7.54. The van der Waals surface area contributed by atoms with E-state index in [-0.39, 0.29) is 28.1 Å². The number of ether oxygens (including phenoxy) is 1. The summed E-state index contributed by atoms with van der Waals surface area (Å²) in [6.07, 6.45) is 0. The van der Waals surface area contributed by atoms with Gasteiger partial charge in [0, 0.05) is 35.3 Å². The van der Waals surface area contributed by atoms with E-state index in [1.54, 1.807) is 0 Å². The number of hydrogen-bond acceptors (Lipinski definition) is 5. The highest BCUT2D eigenvalue weighted by Crippen LogP contribution is 2.38. The fourth-order valence-electron chi connectivity index (χ4n) is 4.01. The fraction of sp³-hybridized carbons (Fsp3) is 0.323. The molecule has 1 heterocycles. The minimum absolute atomic E-state index is 0.0187. The van der Waals surface area contributed by atoms with E-state index in [1.165, 1.54) is 23.5 Å². The smallest absolute Gasteiger partial charge is 0.250 e. The van der Waals surface area contributed by atoms with Crippen molar-refractivity contribution in [2.75, 3.05) is 7.05 Å². The zero-order valence-corrected chi connectivity index (χ0v) is 27.8. The highest BCUT2D eigenvalue weighted by molar-refractivity contribution is 7.89. The van der Waals surface area contributed by atoms with Crippen LogP contribution in [0.15, 0.2) is 71.6 Å². The van der Waals surface area contributed by atoms with Crippen molar-refractivity contribution in [2.24, 2.45) is 0 Å². The summed E-state index contributed by atoms with van der Waals surface area (Å²) in [5.74, 6) is 1.34. The van der Waals surface area contributed by atoms with E-state index in [0.29, 0.717) is 21.9 Å². The van der Waals surface area contributed by atoms with Gasteiger partial charge < -0.3 is 9.16 Å². The Balaban J connectivity index is 1.52. The Morgan fingerprint density at radius 2 is 1.63 bits per heavy atom. The quantitative estimate of drug-likeness (QED) is 0.173. The Kier molecular flexibility index (Phi) is 9.12. The van der Waals surface area contributed by atoms with Gasteiger partial charge in [0.25, 0.3) is 0 Å². The molecule has 0 spiro atoms. The largest absolute Gasteiger partial charge is 0.544 e. The maximum Gasteiger partial charge on any atom is 0.250 e. The normalized spacial score (nSPS) is 12.6. The van der Waals surface area contributed by atoms with Crippen molar-refractivity contribution < 1.29 is 17.6 Å². The molecule has 4 aromatic rings. The minimum atomic E-state index is -3.94. The van der Waals surface area contributed by atoms with E-state index in [0.717, 1.165) is 22.4 Å². The van der Waals surface area contributed by atoms with Gasteiger partial charge in [0.2, 0.25) is 18.3 Å². The summed E-state index contributed by atoms with van der Waals surface area (Å²) in [6.45, 7) is 13.0. The molecule has 0 bridgehead atoms. The number of nitrogens with zero attached hydrogens (tertiary/aromatic N) is 2. The number of pyridine rings is 1. The summed E-state index contributed by atoms with van der Waals surface area (Å²) < 4.78 is 40.9. The first kappa shape index (κ1) is 31.3. The maximum atomic E-state index is 13.6. The molecule has 0 fully saturated rings. The molecule has 0 saturated carbocycles. The second-order valence-corrected chi connectivity index (χ2v) is 19.2. The molecule has 218 valence electrons. The van der Waals surface area contributed by atoms with Crippen LogP contribution < -0.4 is 9.16 Å². The summed E-state index contributed by atoms with van der Waals surface area (Å²) in [6, 6.07) is 20.1. The topological polar surface area (TPSA) is 68.7 Å². The van der Waals surface area contributed by atoms with E-state index < -0.39 is 18.3 Å². The van der Waals surface area contributed by atoms with Gasteiger partial charge in [-0.3, -0.25) is 0 Å². The SMILES string of the molecule is Cc1ccc2cccc(OCc3c(Cl)ccc(S(=O)(=O)N(C)Cc4ccc(O[Si](C)(C)C(C)(C)C)cc4)c3Cl)c2n1. The molecule has 0 aliphatic carbocycles. The van der Waals surface area contributed by atoms with Gasteiger partial charge >= 0.3 is 0 Å². The molecule has 3 aromatic carbocycles. The number of aryl methyl sites for hydroxylation is 1. The van der Waals surface area contributed by atoms with Crippen molar-refractivity contribution in [3.05, 3.63) is 93.6 Å². The number of rotatable bonds is 9. The van der Waals surface area contributed by atoms with Gasteiger partial charge in [0.05, 0.1) is 5.02 Å². The molecule has 10 heteroatoms. The van der Waals surface area contributed by atoms with Crippen LogP contribution in [0, 0.1) is 6.92 Å². The van der Waals surface area contributed by atoms with Gasteiger partial charge in [0.1, 0.15) is 28.5 Å². The van der Waals surface area contributed by atoms with E-state index in [1.807, 2.05) is 61.5 Å². The number of sulfonamides is 1. The van der Waals surface area contributed by atoms with Gasteiger partial charge in [-0.25, -0.2) is 13.4 Å². The first-order chi connectivity index (χ1) is 19.1. The average molecular weight is 632 g/mol. The van der Waals surface area contributed by atoms with Crippen LogP contribution in [-0.4, -0.2) is 33.1 Å². The highest BCUT2D eigenvalue weighted by Gasteiger charge is 2.39. The van der Waals surface area contributed by atoms with Crippen LogP contribution in [-0.2, 0) is 23.2 Å². The zero-order valence-electron chi connectivity index (χ0n) is 24.5. The van der Waals surface area contributed by atoms with Crippen molar-refractivity contribution in [3.63, 3.8) is 0 Å². The van der Waals surface area contributed by atoms with E-state index in [9.17, 15) is 8.42 Å². The van der Waals surface area contributed by atoms with Crippen molar-refractivity contribution in [1.82, 2.24) is 9.29 Å². The van der Waals surface area contributed by atoms with Gasteiger partial charge in [-0.05, 0) is 67.0 Å². The van der Waals surface area contributed by atoms with Crippen molar-refractivity contribution in [3.8, 4) is 11.5 Å². The molecule has 0 unspecified atom stereocenters. The van der Waals surface area contributed by atoms with Crippen LogP contribution in [0.1, 0.15) is 37.6 Å². The second-order valence-electron chi connectivity index (χ2n) is 11.7. The van der Waals surface area contributed by atoms with Crippen molar-refractivity contribution in [1.29, 1.82) is 0 Å². The Morgan fingerprint density at radius 1 is 0.951 bits per heavy atom. The highest BCUT2D eigenvalue weighted by atomic mass is 35.5. The van der Waals surface area contributed by atoms with E-state index >= 15 is 0 Å². The lowest BCUT2D eigenvalue weighted by molar-refractivity contribution is 0.309. The molecule has 0 atom stereocenters. The predicted octanol–water partition coefficient (Wildman–Crippen LogP) is 8.63. The number of fused-ring (bicyclic) bond motifs is 1. The average Bonchev–Trinajstić information content (AvgIpc) is 2.88. The third kappa shape index (κ3) is 6.89. The number of halogens is 2. The molecule has 0 aliphatic heterocycles. The summed E-state index contributed by atoms with van der Waals surface area (Å²) in [4.78, 5) is 4.55. The lowest BCUT2D eigenvalue weighted by Crippen LogP contribution is -2.43. The third-order valence-corrected chi connectivity index (χ3v) is 14.6. The Bertz CT molecular complexity index is 1670. The van der Waals surface area contributed by atoms with E-state index in [2.05, 4.69) is 38.8 Å². The molecule has 0 radical (unpaired) electrons. The summed E-state index contributed by atoms with van der Waals surface area (Å²) in [5.41, 5.74) is 2.79. The summed E-state index contributed by atoms with van der Waals surface area (Å²) in [7, 11) is -4.39. The van der Waals surface area contributed by atoms with Gasteiger partial charge in [0.15, 0.2) is 0 Å². The summed E-state index contributed by atoms with van der Waals surface area (Å²) >= 11 is 13.1. The number of benzene rings is 3. The first-order valence-electron chi connectivity index (χ1n) is 13.3. The molecule has 0 saturated heterocycles. The van der Waals surface area contributed by atoms with E-state index in [4.69, 9.17) is 32.4 Å². The molecule has 0 N–H and O–H groups in total. The maximum absolute atomic E-state index is 13.6. The number of aromatic nitrogens is 1. The molecular weight excluding hydrogens is 595 g/mol. The first-order valence-corrected chi connectivity index (χ1v) is 18.4. The Hall–Kier alpha value is -2.62. The lowest BCUT2D eigenvalue weighted by atomic mass is 10.2. The molecule has 4 rings (SSSR count). The van der Waals surface area contributed by atoms with Gasteiger partial charge in [-0.2, -0.15) is 4.31 Å². The Morgan fingerprint density at radius 3 is 2.29 bits per heavy atom.